The highest BCUT2D eigenvalue weighted by Gasteiger charge is 2.48. The van der Waals surface area contributed by atoms with Crippen molar-refractivity contribution in [1.29, 1.82) is 0 Å². The third-order valence-corrected chi connectivity index (χ3v) is 11.6. The SMILES string of the molecule is C=CC(C)C(C)(NC(=O)C1CCCN1C(=O)C(NC(=O)OCCCC=Cc1ccc(F)c2c1CCN(C(=O)O)C2)C(C)(C)C)C(=O)NS(=O)(=O)OC1(C)CC1. The number of likely N-dealkylation sites (tertiary alicyclic amines) is 1. The van der Waals surface area contributed by atoms with Gasteiger partial charge in [0, 0.05) is 24.6 Å². The first kappa shape index (κ1) is 43.2. The molecule has 3 aliphatic rings. The van der Waals surface area contributed by atoms with Gasteiger partial charge in [0.25, 0.3) is 5.91 Å². The van der Waals surface area contributed by atoms with Crippen LogP contribution in [0.1, 0.15) is 96.8 Å². The molecule has 4 atom stereocenters. The molecule has 0 spiro atoms. The molecular weight excluding hydrogens is 738 g/mol. The van der Waals surface area contributed by atoms with Crippen molar-refractivity contribution in [2.45, 2.75) is 116 Å². The van der Waals surface area contributed by atoms with Crippen LogP contribution >= 0.6 is 0 Å². The Morgan fingerprint density at radius 3 is 2.44 bits per heavy atom. The molecule has 304 valence electrons. The lowest BCUT2D eigenvalue weighted by Crippen LogP contribution is -2.64. The van der Waals surface area contributed by atoms with Crippen LogP contribution in [0.3, 0.4) is 0 Å². The zero-order valence-corrected chi connectivity index (χ0v) is 33.2. The van der Waals surface area contributed by atoms with Crippen molar-refractivity contribution >= 4 is 46.3 Å². The zero-order valence-electron chi connectivity index (χ0n) is 32.4. The molecule has 2 fully saturated rings. The number of hydrogen-bond donors (Lipinski definition) is 4. The first-order valence-corrected chi connectivity index (χ1v) is 19.9. The van der Waals surface area contributed by atoms with Crippen LogP contribution in [-0.2, 0) is 46.6 Å². The molecule has 4 N–H and O–H groups in total. The number of amides is 5. The maximum absolute atomic E-state index is 14.4. The van der Waals surface area contributed by atoms with E-state index < -0.39 is 80.6 Å². The number of carbonyl (C=O) groups is 5. The van der Waals surface area contributed by atoms with E-state index in [9.17, 15) is 41.9 Å². The summed E-state index contributed by atoms with van der Waals surface area (Å²) < 4.78 is 52.1. The van der Waals surface area contributed by atoms with Gasteiger partial charge in [0.2, 0.25) is 11.8 Å². The highest BCUT2D eigenvalue weighted by atomic mass is 32.2. The molecule has 4 unspecified atom stereocenters. The fraction of sp³-hybridized carbons (Fsp3) is 0.605. The quantitative estimate of drug-likeness (QED) is 0.146. The first-order valence-electron chi connectivity index (χ1n) is 18.5. The number of nitrogens with one attached hydrogen (secondary N) is 3. The van der Waals surface area contributed by atoms with E-state index in [4.69, 9.17) is 8.92 Å². The summed E-state index contributed by atoms with van der Waals surface area (Å²) in [5.74, 6) is -3.39. The molecule has 2 aliphatic heterocycles. The van der Waals surface area contributed by atoms with Crippen LogP contribution in [0, 0.1) is 17.2 Å². The van der Waals surface area contributed by atoms with Crippen LogP contribution in [0.4, 0.5) is 14.0 Å². The predicted octanol–water partition coefficient (Wildman–Crippen LogP) is 4.41. The van der Waals surface area contributed by atoms with Crippen molar-refractivity contribution in [2.75, 3.05) is 19.7 Å². The number of allylic oxidation sites excluding steroid dienone is 1. The van der Waals surface area contributed by atoms with E-state index in [1.807, 2.05) is 16.9 Å². The average molecular weight is 792 g/mol. The lowest BCUT2D eigenvalue weighted by atomic mass is 9.85. The fourth-order valence-corrected chi connectivity index (χ4v) is 7.73. The molecule has 0 aromatic heterocycles. The van der Waals surface area contributed by atoms with Gasteiger partial charge in [0.05, 0.1) is 18.8 Å². The molecule has 4 rings (SSSR count). The van der Waals surface area contributed by atoms with E-state index in [0.29, 0.717) is 44.1 Å². The molecule has 1 aliphatic carbocycles. The third-order valence-electron chi connectivity index (χ3n) is 10.5. The molecule has 1 aromatic carbocycles. The van der Waals surface area contributed by atoms with Gasteiger partial charge in [-0.3, -0.25) is 14.4 Å². The minimum Gasteiger partial charge on any atom is -0.465 e. The Labute approximate surface area is 322 Å². The van der Waals surface area contributed by atoms with Gasteiger partial charge in [-0.05, 0) is 81.4 Å². The molecule has 1 saturated heterocycles. The minimum absolute atomic E-state index is 0.0119. The monoisotopic (exact) mass is 791 g/mol. The summed E-state index contributed by atoms with van der Waals surface area (Å²) in [6, 6.07) is 0.886. The maximum atomic E-state index is 14.4. The molecule has 1 saturated carbocycles. The number of alkyl carbamates (subject to hydrolysis) is 1. The van der Waals surface area contributed by atoms with Crippen LogP contribution in [-0.4, -0.2) is 96.2 Å². The normalized spacial score (nSPS) is 20.1. The third kappa shape index (κ3) is 10.8. The second kappa shape index (κ2) is 17.1. The van der Waals surface area contributed by atoms with E-state index in [-0.39, 0.29) is 32.7 Å². The second-order valence-corrected chi connectivity index (χ2v) is 17.3. The Morgan fingerprint density at radius 1 is 1.13 bits per heavy atom. The topological polar surface area (TPSA) is 201 Å². The summed E-state index contributed by atoms with van der Waals surface area (Å²) >= 11 is 0. The van der Waals surface area contributed by atoms with E-state index in [1.54, 1.807) is 40.7 Å². The summed E-state index contributed by atoms with van der Waals surface area (Å²) in [5.41, 5.74) is -1.53. The summed E-state index contributed by atoms with van der Waals surface area (Å²) in [7, 11) is -4.48. The number of rotatable bonds is 15. The Bertz CT molecular complexity index is 1810. The Hall–Kier alpha value is -4.51. The van der Waals surface area contributed by atoms with Gasteiger partial charge in [0.1, 0.15) is 23.4 Å². The molecule has 15 nitrogen and oxygen atoms in total. The number of fused-ring (bicyclic) bond motifs is 1. The van der Waals surface area contributed by atoms with Crippen LogP contribution in [0.2, 0.25) is 0 Å². The summed E-state index contributed by atoms with van der Waals surface area (Å²) in [6.07, 6.45) is 6.35. The van der Waals surface area contributed by atoms with Crippen LogP contribution in [0.25, 0.3) is 6.08 Å². The highest BCUT2D eigenvalue weighted by Crippen LogP contribution is 2.40. The van der Waals surface area contributed by atoms with Crippen molar-refractivity contribution in [3.63, 3.8) is 0 Å². The van der Waals surface area contributed by atoms with E-state index >= 15 is 0 Å². The molecule has 5 amide bonds. The summed E-state index contributed by atoms with van der Waals surface area (Å²) in [6.45, 7) is 14.1. The molecule has 0 bridgehead atoms. The van der Waals surface area contributed by atoms with Crippen molar-refractivity contribution < 1.29 is 50.8 Å². The predicted molar refractivity (Wildman–Crippen MR) is 201 cm³/mol. The van der Waals surface area contributed by atoms with Crippen LogP contribution < -0.4 is 15.4 Å². The Kier molecular flexibility index (Phi) is 13.4. The van der Waals surface area contributed by atoms with Gasteiger partial charge in [0.15, 0.2) is 0 Å². The minimum atomic E-state index is -4.48. The number of halogens is 1. The van der Waals surface area contributed by atoms with Crippen LogP contribution in [0.15, 0.2) is 30.9 Å². The van der Waals surface area contributed by atoms with Crippen molar-refractivity contribution in [3.8, 4) is 0 Å². The smallest absolute Gasteiger partial charge is 0.407 e. The van der Waals surface area contributed by atoms with Crippen LogP contribution in [0.5, 0.6) is 0 Å². The molecule has 1 aromatic rings. The first-order chi connectivity index (χ1) is 25.6. The molecule has 55 heavy (non-hydrogen) atoms. The van der Waals surface area contributed by atoms with Crippen molar-refractivity contribution in [3.05, 3.63) is 53.4 Å². The number of hydrogen-bond acceptors (Lipinski definition) is 9. The van der Waals surface area contributed by atoms with E-state index in [1.165, 1.54) is 28.9 Å². The lowest BCUT2D eigenvalue weighted by Gasteiger charge is -2.37. The Balaban J connectivity index is 1.34. The van der Waals surface area contributed by atoms with Gasteiger partial charge in [-0.25, -0.2) is 22.9 Å². The number of carboxylic acid groups (broad SMARTS) is 1. The number of unbranched alkanes of at least 4 members (excludes halogenated alkanes) is 1. The van der Waals surface area contributed by atoms with Gasteiger partial charge in [-0.1, -0.05) is 52.0 Å². The molecule has 17 heteroatoms. The molecule has 2 heterocycles. The van der Waals surface area contributed by atoms with Gasteiger partial charge < -0.3 is 30.3 Å². The van der Waals surface area contributed by atoms with Gasteiger partial charge in [-0.2, -0.15) is 8.42 Å². The second-order valence-electron chi connectivity index (χ2n) is 16.0. The number of nitrogens with zero attached hydrogens (tertiary/aromatic N) is 2. The number of ether oxygens (including phenoxy) is 1. The maximum Gasteiger partial charge on any atom is 0.407 e. The molecular formula is C38H54FN5O10S. The summed E-state index contributed by atoms with van der Waals surface area (Å²) in [4.78, 5) is 68.0. The van der Waals surface area contributed by atoms with Gasteiger partial charge in [-0.15, -0.1) is 6.58 Å². The molecule has 0 radical (unpaired) electrons. The average Bonchev–Trinajstić information content (AvgIpc) is 3.60. The fourth-order valence-electron chi connectivity index (χ4n) is 6.56. The summed E-state index contributed by atoms with van der Waals surface area (Å²) in [5, 5.41) is 14.6. The van der Waals surface area contributed by atoms with Crippen molar-refractivity contribution in [2.24, 2.45) is 11.3 Å². The standard InChI is InChI=1S/C38H54FN5O10S/c1-8-24(2)38(7,33(47)42-55(51,52)54-37(6)18-19-37)41-31(45)29-14-12-20-44(29)32(46)30(36(3,4)5)40-34(48)53-22-11-9-10-13-25-15-16-28(39)27-23-43(35(49)50)21-17-26(25)27/h8,10,13,15-16,24,29-30H,1,9,11-12,14,17-23H2,2-7H3,(H,40,48)(H,41,45)(H,42,47)(H,49,50). The zero-order chi connectivity index (χ0) is 40.9. The van der Waals surface area contributed by atoms with E-state index in [2.05, 4.69) is 17.2 Å². The largest absolute Gasteiger partial charge is 0.465 e. The Morgan fingerprint density at radius 2 is 1.82 bits per heavy atom. The number of carbonyl (C=O) groups excluding carboxylic acids is 4. The van der Waals surface area contributed by atoms with Crippen molar-refractivity contribution in [1.82, 2.24) is 25.2 Å². The number of benzene rings is 1. The highest BCUT2D eigenvalue weighted by molar-refractivity contribution is 7.85. The van der Waals surface area contributed by atoms with Gasteiger partial charge >= 0.3 is 22.5 Å². The van der Waals surface area contributed by atoms with E-state index in [0.717, 1.165) is 11.1 Å². The lowest BCUT2D eigenvalue weighted by molar-refractivity contribution is -0.143.